The Labute approximate surface area is 116 Å². The summed E-state index contributed by atoms with van der Waals surface area (Å²) >= 11 is 5.80. The lowest BCUT2D eigenvalue weighted by molar-refractivity contribution is 0.301. The molecule has 0 spiro atoms. The third-order valence-corrected chi connectivity index (χ3v) is 3.43. The van der Waals surface area contributed by atoms with Gasteiger partial charge in [0.1, 0.15) is 5.75 Å². The van der Waals surface area contributed by atoms with Crippen molar-refractivity contribution in [1.82, 2.24) is 0 Å². The van der Waals surface area contributed by atoms with E-state index in [1.54, 1.807) is 0 Å². The van der Waals surface area contributed by atoms with E-state index in [1.807, 2.05) is 19.1 Å². The Morgan fingerprint density at radius 1 is 1.17 bits per heavy atom. The van der Waals surface area contributed by atoms with Crippen LogP contribution >= 0.6 is 11.6 Å². The molecule has 0 aromatic heterocycles. The van der Waals surface area contributed by atoms with Gasteiger partial charge in [0.25, 0.3) is 0 Å². The number of alkyl halides is 1. The molecular formula is C16H25ClO. The van der Waals surface area contributed by atoms with Gasteiger partial charge in [-0.15, -0.1) is 0 Å². The molecule has 18 heavy (non-hydrogen) atoms. The van der Waals surface area contributed by atoms with Crippen LogP contribution in [0.1, 0.15) is 58.9 Å². The second-order valence-corrected chi connectivity index (χ2v) is 6.14. The summed E-state index contributed by atoms with van der Waals surface area (Å²) in [6.45, 7) is 8.68. The van der Waals surface area contributed by atoms with Crippen LogP contribution in [0.5, 0.6) is 5.75 Å². The van der Waals surface area contributed by atoms with E-state index in [0.29, 0.717) is 0 Å². The van der Waals surface area contributed by atoms with E-state index in [4.69, 9.17) is 16.3 Å². The van der Waals surface area contributed by atoms with E-state index in [-0.39, 0.29) is 11.0 Å². The monoisotopic (exact) mass is 268 g/mol. The van der Waals surface area contributed by atoms with Gasteiger partial charge < -0.3 is 4.74 Å². The van der Waals surface area contributed by atoms with Crippen LogP contribution in [0.25, 0.3) is 0 Å². The zero-order chi connectivity index (χ0) is 13.6. The predicted octanol–water partition coefficient (Wildman–Crippen LogP) is 5.51. The largest absolute Gasteiger partial charge is 0.475 e. The highest BCUT2D eigenvalue weighted by Gasteiger charge is 2.19. The van der Waals surface area contributed by atoms with Gasteiger partial charge in [-0.05, 0) is 36.5 Å². The third-order valence-electron chi connectivity index (χ3n) is 3.34. The van der Waals surface area contributed by atoms with Crippen LogP contribution in [0, 0.1) is 0 Å². The molecule has 1 aromatic rings. The number of ether oxygens (including phenoxy) is 1. The lowest BCUT2D eigenvalue weighted by atomic mass is 9.80. The molecule has 1 rings (SSSR count). The standard InChI is InChI=1S/C16H25ClO/c1-5-6-7-12-16(3,4)14-8-10-15(11-9-14)18-13(2)17/h8-11,13H,5-7,12H2,1-4H3. The van der Waals surface area contributed by atoms with Gasteiger partial charge in [-0.1, -0.05) is 63.8 Å². The molecule has 1 unspecified atom stereocenters. The molecule has 0 heterocycles. The van der Waals surface area contributed by atoms with Crippen molar-refractivity contribution in [2.45, 2.75) is 64.4 Å². The summed E-state index contributed by atoms with van der Waals surface area (Å²) in [6.07, 6.45) is 5.11. The van der Waals surface area contributed by atoms with Gasteiger partial charge in [0.05, 0.1) is 0 Å². The summed E-state index contributed by atoms with van der Waals surface area (Å²) in [6, 6.07) is 8.33. The van der Waals surface area contributed by atoms with Crippen molar-refractivity contribution in [2.24, 2.45) is 0 Å². The summed E-state index contributed by atoms with van der Waals surface area (Å²) in [5.41, 5.74) is 1.32. The third kappa shape index (κ3) is 4.89. The second kappa shape index (κ2) is 7.04. The molecule has 0 radical (unpaired) electrons. The highest BCUT2D eigenvalue weighted by atomic mass is 35.5. The van der Waals surface area contributed by atoms with Gasteiger partial charge in [-0.3, -0.25) is 0 Å². The van der Waals surface area contributed by atoms with Crippen LogP contribution in [-0.4, -0.2) is 5.56 Å². The maximum atomic E-state index is 5.80. The van der Waals surface area contributed by atoms with Crippen molar-refractivity contribution in [1.29, 1.82) is 0 Å². The minimum Gasteiger partial charge on any atom is -0.475 e. The molecule has 0 aliphatic heterocycles. The molecule has 0 aliphatic carbocycles. The fourth-order valence-corrected chi connectivity index (χ4v) is 2.24. The Morgan fingerprint density at radius 3 is 2.28 bits per heavy atom. The molecule has 0 fully saturated rings. The minimum atomic E-state index is -0.284. The molecule has 0 amide bonds. The molecule has 0 aliphatic rings. The lowest BCUT2D eigenvalue weighted by Crippen LogP contribution is -2.16. The summed E-state index contributed by atoms with van der Waals surface area (Å²) in [7, 11) is 0. The highest BCUT2D eigenvalue weighted by molar-refractivity contribution is 6.19. The average molecular weight is 269 g/mol. The number of halogens is 1. The molecule has 0 N–H and O–H groups in total. The van der Waals surface area contributed by atoms with Crippen LogP contribution in [0.3, 0.4) is 0 Å². The van der Waals surface area contributed by atoms with E-state index in [9.17, 15) is 0 Å². The van der Waals surface area contributed by atoms with Gasteiger partial charge in [0.15, 0.2) is 5.56 Å². The quantitative estimate of drug-likeness (QED) is 0.468. The van der Waals surface area contributed by atoms with Crippen molar-refractivity contribution in [3.8, 4) is 5.75 Å². The molecule has 0 saturated heterocycles. The average Bonchev–Trinajstić information content (AvgIpc) is 2.29. The Balaban J connectivity index is 2.65. The first kappa shape index (κ1) is 15.4. The first-order chi connectivity index (χ1) is 8.45. The molecule has 1 aromatic carbocycles. The van der Waals surface area contributed by atoms with Crippen molar-refractivity contribution < 1.29 is 4.74 Å². The summed E-state index contributed by atoms with van der Waals surface area (Å²) in [4.78, 5) is 0. The maximum Gasteiger partial charge on any atom is 0.169 e. The minimum absolute atomic E-state index is 0.236. The van der Waals surface area contributed by atoms with Gasteiger partial charge in [0.2, 0.25) is 0 Å². The lowest BCUT2D eigenvalue weighted by Gasteiger charge is -2.25. The fourth-order valence-electron chi connectivity index (χ4n) is 2.13. The molecule has 102 valence electrons. The van der Waals surface area contributed by atoms with E-state index in [0.717, 1.165) is 5.75 Å². The van der Waals surface area contributed by atoms with Crippen LogP contribution in [0.4, 0.5) is 0 Å². The van der Waals surface area contributed by atoms with Crippen molar-refractivity contribution in [2.75, 3.05) is 0 Å². The number of hydrogen-bond donors (Lipinski definition) is 0. The van der Waals surface area contributed by atoms with E-state index in [1.165, 1.54) is 31.2 Å². The number of rotatable bonds is 7. The molecule has 0 saturated carbocycles. The molecular weight excluding hydrogens is 244 g/mol. The molecule has 1 nitrogen and oxygen atoms in total. The Hall–Kier alpha value is -0.690. The molecule has 1 atom stereocenters. The fraction of sp³-hybridized carbons (Fsp3) is 0.625. The Kier molecular flexibility index (Phi) is 6.01. The first-order valence-electron chi connectivity index (χ1n) is 6.87. The van der Waals surface area contributed by atoms with Gasteiger partial charge in [-0.25, -0.2) is 0 Å². The van der Waals surface area contributed by atoms with Crippen molar-refractivity contribution in [3.05, 3.63) is 29.8 Å². The van der Waals surface area contributed by atoms with Crippen LogP contribution in [-0.2, 0) is 5.41 Å². The SMILES string of the molecule is CCCCCC(C)(C)c1ccc(OC(C)Cl)cc1. The van der Waals surface area contributed by atoms with E-state index in [2.05, 4.69) is 32.9 Å². The first-order valence-corrected chi connectivity index (χ1v) is 7.30. The molecule has 0 bridgehead atoms. The predicted molar refractivity (Wildman–Crippen MR) is 79.6 cm³/mol. The summed E-state index contributed by atoms with van der Waals surface area (Å²) in [5.74, 6) is 0.839. The smallest absolute Gasteiger partial charge is 0.169 e. The van der Waals surface area contributed by atoms with E-state index < -0.39 is 0 Å². The van der Waals surface area contributed by atoms with Crippen molar-refractivity contribution >= 4 is 11.6 Å². The maximum absolute atomic E-state index is 5.80. The normalized spacial score (nSPS) is 13.4. The van der Waals surface area contributed by atoms with Gasteiger partial charge in [-0.2, -0.15) is 0 Å². The van der Waals surface area contributed by atoms with E-state index >= 15 is 0 Å². The topological polar surface area (TPSA) is 9.23 Å². The number of benzene rings is 1. The number of hydrogen-bond acceptors (Lipinski definition) is 1. The Morgan fingerprint density at radius 2 is 1.78 bits per heavy atom. The Bertz CT molecular complexity index is 341. The zero-order valence-corrected chi connectivity index (χ0v) is 12.8. The van der Waals surface area contributed by atoms with Gasteiger partial charge >= 0.3 is 0 Å². The van der Waals surface area contributed by atoms with Crippen LogP contribution in [0.2, 0.25) is 0 Å². The second-order valence-electron chi connectivity index (χ2n) is 5.53. The highest BCUT2D eigenvalue weighted by Crippen LogP contribution is 2.30. The molecule has 2 heteroatoms. The van der Waals surface area contributed by atoms with Crippen LogP contribution in [0.15, 0.2) is 24.3 Å². The number of unbranched alkanes of at least 4 members (excludes halogenated alkanes) is 2. The summed E-state index contributed by atoms with van der Waals surface area (Å²) < 4.78 is 5.45. The zero-order valence-electron chi connectivity index (χ0n) is 12.0. The summed E-state index contributed by atoms with van der Waals surface area (Å²) in [5, 5.41) is 0. The van der Waals surface area contributed by atoms with Crippen molar-refractivity contribution in [3.63, 3.8) is 0 Å². The van der Waals surface area contributed by atoms with Crippen LogP contribution < -0.4 is 4.74 Å². The van der Waals surface area contributed by atoms with Gasteiger partial charge in [0, 0.05) is 0 Å².